The van der Waals surface area contributed by atoms with Gasteiger partial charge in [-0.05, 0) is 19.1 Å². The zero-order valence-corrected chi connectivity index (χ0v) is 9.81. The summed E-state index contributed by atoms with van der Waals surface area (Å²) in [5.74, 6) is -1.94. The van der Waals surface area contributed by atoms with Crippen LogP contribution in [0.3, 0.4) is 0 Å². The third-order valence-corrected chi connectivity index (χ3v) is 2.48. The van der Waals surface area contributed by atoms with Crippen molar-refractivity contribution in [3.05, 3.63) is 34.9 Å². The molecule has 0 radical (unpaired) electrons. The van der Waals surface area contributed by atoms with Crippen LogP contribution in [-0.2, 0) is 4.79 Å². The van der Waals surface area contributed by atoms with Crippen LogP contribution in [0, 0.1) is 0 Å². The van der Waals surface area contributed by atoms with Crippen LogP contribution in [0.2, 0.25) is 5.02 Å². The highest BCUT2D eigenvalue weighted by Crippen LogP contribution is 2.14. The van der Waals surface area contributed by atoms with Crippen LogP contribution >= 0.6 is 11.6 Å². The van der Waals surface area contributed by atoms with E-state index in [9.17, 15) is 14.7 Å². The molecule has 92 valence electrons. The van der Waals surface area contributed by atoms with Crippen molar-refractivity contribution in [1.29, 1.82) is 0 Å². The van der Waals surface area contributed by atoms with Crippen LogP contribution in [0.5, 0.6) is 0 Å². The van der Waals surface area contributed by atoms with Gasteiger partial charge in [-0.3, -0.25) is 4.79 Å². The van der Waals surface area contributed by atoms with Gasteiger partial charge in [0.2, 0.25) is 0 Å². The highest BCUT2D eigenvalue weighted by molar-refractivity contribution is 6.33. The molecule has 0 heterocycles. The molecule has 0 aliphatic heterocycles. The number of carbonyl (C=O) groups is 2. The maximum atomic E-state index is 11.7. The molecular weight excluding hydrogens is 246 g/mol. The van der Waals surface area contributed by atoms with Gasteiger partial charge in [0.15, 0.2) is 6.04 Å². The maximum Gasteiger partial charge on any atom is 0.328 e. The second kappa shape index (κ2) is 5.65. The van der Waals surface area contributed by atoms with Crippen LogP contribution in [0.25, 0.3) is 0 Å². The van der Waals surface area contributed by atoms with Gasteiger partial charge in [0.25, 0.3) is 5.91 Å². The minimum Gasteiger partial charge on any atom is -0.480 e. The first-order valence-corrected chi connectivity index (χ1v) is 5.27. The van der Waals surface area contributed by atoms with Gasteiger partial charge in [-0.15, -0.1) is 0 Å². The van der Waals surface area contributed by atoms with E-state index in [1.165, 1.54) is 19.1 Å². The Bertz CT molecular complexity index is 433. The number of hydrogen-bond donors (Lipinski definition) is 3. The first kappa shape index (κ1) is 13.5. The molecule has 0 spiro atoms. The normalized spacial score (nSPS) is 13.8. The number of aliphatic carboxylic acids is 1. The zero-order valence-electron chi connectivity index (χ0n) is 9.05. The number of amides is 1. The van der Waals surface area contributed by atoms with E-state index in [0.29, 0.717) is 0 Å². The van der Waals surface area contributed by atoms with E-state index in [4.69, 9.17) is 16.7 Å². The van der Waals surface area contributed by atoms with Crippen LogP contribution in [0.4, 0.5) is 0 Å². The average molecular weight is 258 g/mol. The van der Waals surface area contributed by atoms with E-state index in [1.54, 1.807) is 12.1 Å². The molecule has 3 N–H and O–H groups in total. The summed E-state index contributed by atoms with van der Waals surface area (Å²) in [6.07, 6.45) is -1.20. The summed E-state index contributed by atoms with van der Waals surface area (Å²) in [4.78, 5) is 22.5. The minimum atomic E-state index is -1.36. The Morgan fingerprint density at radius 3 is 2.41 bits per heavy atom. The van der Waals surface area contributed by atoms with Gasteiger partial charge < -0.3 is 15.5 Å². The van der Waals surface area contributed by atoms with Gasteiger partial charge in [0.05, 0.1) is 16.7 Å². The summed E-state index contributed by atoms with van der Waals surface area (Å²) in [6, 6.07) is 4.90. The third-order valence-electron chi connectivity index (χ3n) is 2.15. The third kappa shape index (κ3) is 3.44. The SMILES string of the molecule is C[C@H](O)[C@H](NC(=O)c1ccccc1Cl)C(=O)O. The zero-order chi connectivity index (χ0) is 13.0. The van der Waals surface area contributed by atoms with Gasteiger partial charge in [0.1, 0.15) is 0 Å². The molecule has 0 unspecified atom stereocenters. The lowest BCUT2D eigenvalue weighted by Gasteiger charge is -2.17. The van der Waals surface area contributed by atoms with Crippen LogP contribution in [0.15, 0.2) is 24.3 Å². The number of benzene rings is 1. The predicted molar refractivity (Wildman–Crippen MR) is 62.0 cm³/mol. The quantitative estimate of drug-likeness (QED) is 0.748. The van der Waals surface area contributed by atoms with Gasteiger partial charge in [0, 0.05) is 0 Å². The molecule has 17 heavy (non-hydrogen) atoms. The molecule has 1 rings (SSSR count). The van der Waals surface area contributed by atoms with Gasteiger partial charge >= 0.3 is 5.97 Å². The minimum absolute atomic E-state index is 0.168. The number of carboxylic acid groups (broad SMARTS) is 1. The number of rotatable bonds is 4. The second-order valence-corrected chi connectivity index (χ2v) is 3.92. The van der Waals surface area contributed by atoms with Crippen molar-refractivity contribution in [1.82, 2.24) is 5.32 Å². The predicted octanol–water partition coefficient (Wildman–Crippen LogP) is 0.904. The number of carboxylic acids is 1. The van der Waals surface area contributed by atoms with E-state index in [2.05, 4.69) is 5.32 Å². The molecule has 0 saturated carbocycles. The first-order chi connectivity index (χ1) is 7.93. The van der Waals surface area contributed by atoms with Crippen molar-refractivity contribution in [2.45, 2.75) is 19.1 Å². The van der Waals surface area contributed by atoms with E-state index in [0.717, 1.165) is 0 Å². The molecule has 1 amide bonds. The smallest absolute Gasteiger partial charge is 0.328 e. The fourth-order valence-electron chi connectivity index (χ4n) is 1.25. The van der Waals surface area contributed by atoms with E-state index >= 15 is 0 Å². The molecule has 0 aliphatic carbocycles. The highest BCUT2D eigenvalue weighted by Gasteiger charge is 2.25. The number of halogens is 1. The van der Waals surface area contributed by atoms with Crippen molar-refractivity contribution in [3.63, 3.8) is 0 Å². The van der Waals surface area contributed by atoms with E-state index < -0.39 is 24.0 Å². The average Bonchev–Trinajstić information content (AvgIpc) is 2.25. The number of nitrogens with one attached hydrogen (secondary N) is 1. The number of aliphatic hydroxyl groups is 1. The monoisotopic (exact) mass is 257 g/mol. The standard InChI is InChI=1S/C11H12ClNO4/c1-6(14)9(11(16)17)13-10(15)7-4-2-3-5-8(7)12/h2-6,9,14H,1H3,(H,13,15)(H,16,17)/t6-,9-/m0/s1. The highest BCUT2D eigenvalue weighted by atomic mass is 35.5. The summed E-state index contributed by atoms with van der Waals surface area (Å²) in [6.45, 7) is 1.28. The van der Waals surface area contributed by atoms with Crippen LogP contribution < -0.4 is 5.32 Å². The Morgan fingerprint density at radius 1 is 1.35 bits per heavy atom. The molecule has 6 heteroatoms. The van der Waals surface area contributed by atoms with Crippen molar-refractivity contribution < 1.29 is 19.8 Å². The van der Waals surface area contributed by atoms with Gasteiger partial charge in [-0.25, -0.2) is 4.79 Å². The van der Waals surface area contributed by atoms with E-state index in [1.807, 2.05) is 0 Å². The number of aliphatic hydroxyl groups excluding tert-OH is 1. The Labute approximate surface area is 103 Å². The molecule has 0 bridgehead atoms. The molecular formula is C11H12ClNO4. The lowest BCUT2D eigenvalue weighted by molar-refractivity contribution is -0.141. The molecule has 0 saturated heterocycles. The van der Waals surface area contributed by atoms with Gasteiger partial charge in [-0.1, -0.05) is 23.7 Å². The summed E-state index contributed by atoms with van der Waals surface area (Å²) in [7, 11) is 0. The Kier molecular flexibility index (Phi) is 4.48. The Morgan fingerprint density at radius 2 is 1.94 bits per heavy atom. The summed E-state index contributed by atoms with van der Waals surface area (Å²) in [5, 5.41) is 20.4. The number of hydrogen-bond acceptors (Lipinski definition) is 3. The topological polar surface area (TPSA) is 86.6 Å². The first-order valence-electron chi connectivity index (χ1n) is 4.89. The lowest BCUT2D eigenvalue weighted by atomic mass is 10.1. The summed E-state index contributed by atoms with van der Waals surface area (Å²) < 4.78 is 0. The van der Waals surface area contributed by atoms with Crippen LogP contribution in [0.1, 0.15) is 17.3 Å². The molecule has 0 fully saturated rings. The van der Waals surface area contributed by atoms with Crippen molar-refractivity contribution in [2.75, 3.05) is 0 Å². The second-order valence-electron chi connectivity index (χ2n) is 3.51. The molecule has 2 atom stereocenters. The fraction of sp³-hybridized carbons (Fsp3) is 0.273. The number of carbonyl (C=O) groups excluding carboxylic acids is 1. The van der Waals surface area contributed by atoms with Crippen molar-refractivity contribution >= 4 is 23.5 Å². The van der Waals surface area contributed by atoms with Crippen molar-refractivity contribution in [3.8, 4) is 0 Å². The molecule has 0 aromatic heterocycles. The van der Waals surface area contributed by atoms with Crippen LogP contribution in [-0.4, -0.2) is 34.2 Å². The lowest BCUT2D eigenvalue weighted by Crippen LogP contribution is -2.47. The summed E-state index contributed by atoms with van der Waals surface area (Å²) in [5.41, 5.74) is 0.168. The van der Waals surface area contributed by atoms with Gasteiger partial charge in [-0.2, -0.15) is 0 Å². The fourth-order valence-corrected chi connectivity index (χ4v) is 1.47. The Balaban J connectivity index is 2.85. The van der Waals surface area contributed by atoms with Crippen molar-refractivity contribution in [2.24, 2.45) is 0 Å². The molecule has 1 aromatic carbocycles. The van der Waals surface area contributed by atoms with E-state index in [-0.39, 0.29) is 10.6 Å². The molecule has 1 aromatic rings. The summed E-state index contributed by atoms with van der Waals surface area (Å²) >= 11 is 5.79. The maximum absolute atomic E-state index is 11.7. The Hall–Kier alpha value is -1.59. The molecule has 0 aliphatic rings. The largest absolute Gasteiger partial charge is 0.480 e. The molecule has 5 nitrogen and oxygen atoms in total.